The molecule has 0 amide bonds. The number of hydrogen-bond donors (Lipinski definition) is 1. The monoisotopic (exact) mass is 273 g/mol. The first-order valence-corrected chi connectivity index (χ1v) is 8.10. The predicted octanol–water partition coefficient (Wildman–Crippen LogP) is 4.09. The van der Waals surface area contributed by atoms with Crippen LogP contribution in [0.2, 0.25) is 0 Å². The summed E-state index contributed by atoms with van der Waals surface area (Å²) >= 11 is 0. The number of methoxy groups -OCH3 is 1. The first-order chi connectivity index (χ1) is 9.72. The third-order valence-corrected chi connectivity index (χ3v) is 5.37. The Kier molecular flexibility index (Phi) is 4.02. The quantitative estimate of drug-likeness (QED) is 0.872. The van der Waals surface area contributed by atoms with Crippen molar-refractivity contribution in [3.63, 3.8) is 0 Å². The van der Waals surface area contributed by atoms with E-state index in [2.05, 4.69) is 37.4 Å². The molecule has 1 aromatic rings. The van der Waals surface area contributed by atoms with Crippen LogP contribution >= 0.6 is 0 Å². The Morgan fingerprint density at radius 3 is 2.75 bits per heavy atom. The highest BCUT2D eigenvalue weighted by Crippen LogP contribution is 2.53. The molecule has 20 heavy (non-hydrogen) atoms. The highest BCUT2D eigenvalue weighted by atomic mass is 16.5. The van der Waals surface area contributed by atoms with Crippen molar-refractivity contribution in [2.24, 2.45) is 17.8 Å². The van der Waals surface area contributed by atoms with Crippen LogP contribution in [0.4, 0.5) is 0 Å². The van der Waals surface area contributed by atoms with Crippen molar-refractivity contribution in [1.82, 2.24) is 5.32 Å². The average Bonchev–Trinajstić information content (AvgIpc) is 3.07. The fourth-order valence-electron chi connectivity index (χ4n) is 4.51. The second kappa shape index (κ2) is 5.77. The molecule has 0 radical (unpaired) electrons. The van der Waals surface area contributed by atoms with Gasteiger partial charge < -0.3 is 10.1 Å². The van der Waals surface area contributed by atoms with Gasteiger partial charge in [0.05, 0.1) is 7.11 Å². The van der Waals surface area contributed by atoms with E-state index in [0.717, 1.165) is 30.0 Å². The molecule has 0 heterocycles. The van der Waals surface area contributed by atoms with Crippen LogP contribution in [-0.2, 0) is 0 Å². The molecule has 1 aromatic carbocycles. The van der Waals surface area contributed by atoms with Crippen molar-refractivity contribution in [2.45, 2.75) is 45.6 Å². The Bertz CT molecular complexity index is 470. The lowest BCUT2D eigenvalue weighted by Gasteiger charge is -2.32. The molecule has 2 nitrogen and oxygen atoms in total. The van der Waals surface area contributed by atoms with Crippen LogP contribution in [0, 0.1) is 24.7 Å². The summed E-state index contributed by atoms with van der Waals surface area (Å²) in [5, 5.41) is 3.75. The van der Waals surface area contributed by atoms with Gasteiger partial charge in [-0.3, -0.25) is 0 Å². The van der Waals surface area contributed by atoms with E-state index in [1.165, 1.54) is 36.8 Å². The Morgan fingerprint density at radius 2 is 2.15 bits per heavy atom. The normalized spacial score (nSPS) is 29.6. The molecule has 4 unspecified atom stereocenters. The van der Waals surface area contributed by atoms with Gasteiger partial charge in [0, 0.05) is 11.6 Å². The Labute approximate surface area is 122 Å². The fourth-order valence-corrected chi connectivity index (χ4v) is 4.51. The lowest BCUT2D eigenvalue weighted by Crippen LogP contribution is -2.31. The minimum Gasteiger partial charge on any atom is -0.496 e. The van der Waals surface area contributed by atoms with Gasteiger partial charge in [-0.2, -0.15) is 0 Å². The zero-order valence-corrected chi connectivity index (χ0v) is 13.0. The summed E-state index contributed by atoms with van der Waals surface area (Å²) in [6.07, 6.45) is 5.76. The predicted molar refractivity (Wildman–Crippen MR) is 83.1 cm³/mol. The molecule has 2 aliphatic rings. The summed E-state index contributed by atoms with van der Waals surface area (Å²) < 4.78 is 5.63. The van der Waals surface area contributed by atoms with Crippen LogP contribution in [0.15, 0.2) is 18.2 Å². The first kappa shape index (κ1) is 13.9. The number of fused-ring (bicyclic) bond motifs is 2. The smallest absolute Gasteiger partial charge is 0.123 e. The SMILES string of the molecule is CCNC(c1cc(C)ccc1OC)C1CC2CCC1C2. The number of rotatable bonds is 5. The number of nitrogens with one attached hydrogen (secondary N) is 1. The van der Waals surface area contributed by atoms with E-state index in [1.807, 2.05) is 0 Å². The first-order valence-electron chi connectivity index (χ1n) is 8.10. The minimum absolute atomic E-state index is 0.463. The van der Waals surface area contributed by atoms with Crippen molar-refractivity contribution in [1.29, 1.82) is 0 Å². The summed E-state index contributed by atoms with van der Waals surface area (Å²) in [7, 11) is 1.79. The molecular weight excluding hydrogens is 246 g/mol. The maximum atomic E-state index is 5.63. The van der Waals surface area contributed by atoms with E-state index in [-0.39, 0.29) is 0 Å². The van der Waals surface area contributed by atoms with Crippen LogP contribution in [0.5, 0.6) is 5.75 Å². The Balaban J connectivity index is 1.92. The zero-order chi connectivity index (χ0) is 14.1. The van der Waals surface area contributed by atoms with Crippen molar-refractivity contribution >= 4 is 0 Å². The van der Waals surface area contributed by atoms with E-state index in [0.29, 0.717) is 6.04 Å². The maximum Gasteiger partial charge on any atom is 0.123 e. The van der Waals surface area contributed by atoms with Crippen LogP contribution in [-0.4, -0.2) is 13.7 Å². The molecule has 2 aliphatic carbocycles. The highest BCUT2D eigenvalue weighted by molar-refractivity contribution is 5.40. The number of aryl methyl sites for hydroxylation is 1. The Morgan fingerprint density at radius 1 is 1.30 bits per heavy atom. The van der Waals surface area contributed by atoms with Gasteiger partial charge in [0.2, 0.25) is 0 Å². The summed E-state index contributed by atoms with van der Waals surface area (Å²) in [5.74, 6) is 3.75. The molecule has 0 aromatic heterocycles. The van der Waals surface area contributed by atoms with Crippen LogP contribution in [0.3, 0.4) is 0 Å². The number of hydrogen-bond acceptors (Lipinski definition) is 2. The molecule has 2 heteroatoms. The molecule has 3 rings (SSSR count). The molecular formula is C18H27NO. The lowest BCUT2D eigenvalue weighted by molar-refractivity contribution is 0.248. The number of ether oxygens (including phenoxy) is 1. The van der Waals surface area contributed by atoms with E-state index < -0.39 is 0 Å². The van der Waals surface area contributed by atoms with Crippen molar-refractivity contribution in [3.05, 3.63) is 29.3 Å². The molecule has 1 N–H and O–H groups in total. The van der Waals surface area contributed by atoms with E-state index in [1.54, 1.807) is 7.11 Å². The molecule has 4 atom stereocenters. The second-order valence-corrected chi connectivity index (χ2v) is 6.62. The standard InChI is InChI=1S/C18H27NO/c1-4-19-18(15-11-13-6-7-14(15)10-13)16-9-12(2)5-8-17(16)20-3/h5,8-9,13-15,18-19H,4,6-7,10-11H2,1-3H3. The lowest BCUT2D eigenvalue weighted by atomic mass is 9.80. The maximum absolute atomic E-state index is 5.63. The molecule has 0 spiro atoms. The van der Waals surface area contributed by atoms with Gasteiger partial charge in [-0.15, -0.1) is 0 Å². The van der Waals surface area contributed by atoms with Crippen molar-refractivity contribution in [2.75, 3.05) is 13.7 Å². The Hall–Kier alpha value is -1.02. The summed E-state index contributed by atoms with van der Waals surface area (Å²) in [6.45, 7) is 5.41. The summed E-state index contributed by atoms with van der Waals surface area (Å²) in [6, 6.07) is 7.05. The van der Waals surface area contributed by atoms with E-state index in [4.69, 9.17) is 4.74 Å². The van der Waals surface area contributed by atoms with Crippen LogP contribution in [0.1, 0.15) is 49.8 Å². The average molecular weight is 273 g/mol. The largest absolute Gasteiger partial charge is 0.496 e. The molecule has 0 saturated heterocycles. The molecule has 2 fully saturated rings. The van der Waals surface area contributed by atoms with Gasteiger partial charge >= 0.3 is 0 Å². The van der Waals surface area contributed by atoms with Gasteiger partial charge in [-0.1, -0.05) is 31.0 Å². The van der Waals surface area contributed by atoms with Crippen molar-refractivity contribution in [3.8, 4) is 5.75 Å². The minimum atomic E-state index is 0.463. The molecule has 2 bridgehead atoms. The van der Waals surface area contributed by atoms with Crippen molar-refractivity contribution < 1.29 is 4.74 Å². The van der Waals surface area contributed by atoms with Gasteiger partial charge in [-0.25, -0.2) is 0 Å². The molecule has 0 aliphatic heterocycles. The zero-order valence-electron chi connectivity index (χ0n) is 13.0. The topological polar surface area (TPSA) is 21.3 Å². The third kappa shape index (κ3) is 2.46. The summed E-state index contributed by atoms with van der Waals surface area (Å²) in [5.41, 5.74) is 2.69. The van der Waals surface area contributed by atoms with Gasteiger partial charge in [0.15, 0.2) is 0 Å². The van der Waals surface area contributed by atoms with Gasteiger partial charge in [0.1, 0.15) is 5.75 Å². The number of benzene rings is 1. The highest BCUT2D eigenvalue weighted by Gasteiger charge is 2.43. The van der Waals surface area contributed by atoms with Crippen LogP contribution in [0.25, 0.3) is 0 Å². The second-order valence-electron chi connectivity index (χ2n) is 6.62. The molecule has 2 saturated carbocycles. The summed E-state index contributed by atoms with van der Waals surface area (Å²) in [4.78, 5) is 0. The van der Waals surface area contributed by atoms with Gasteiger partial charge in [0.25, 0.3) is 0 Å². The van der Waals surface area contributed by atoms with E-state index in [9.17, 15) is 0 Å². The van der Waals surface area contributed by atoms with E-state index >= 15 is 0 Å². The molecule has 110 valence electrons. The van der Waals surface area contributed by atoms with Crippen LogP contribution < -0.4 is 10.1 Å². The van der Waals surface area contributed by atoms with Gasteiger partial charge in [-0.05, 0) is 56.6 Å². The fraction of sp³-hybridized carbons (Fsp3) is 0.667. The third-order valence-electron chi connectivity index (χ3n) is 5.37.